The number of nitrogens with one attached hydrogen (secondary N) is 1. The number of carbonyl (C=O) groups excluding carboxylic acids is 2. The molecule has 0 aliphatic heterocycles. The number of amides is 2. The standard InChI is InChI=1S/C10H18N2O3S/c11-8(14)6-16-5-2-9(15)12-10(7-13)3-1-4-10/h13H,1-7H2,(H2,11,14)(H,12,15). The summed E-state index contributed by atoms with van der Waals surface area (Å²) in [6.45, 7) is 0.00711. The second kappa shape index (κ2) is 6.10. The lowest BCUT2D eigenvalue weighted by Crippen LogP contribution is -2.56. The number of rotatable bonds is 7. The molecule has 1 fully saturated rings. The Morgan fingerprint density at radius 1 is 1.44 bits per heavy atom. The lowest BCUT2D eigenvalue weighted by Gasteiger charge is -2.41. The van der Waals surface area contributed by atoms with Gasteiger partial charge in [-0.05, 0) is 19.3 Å². The highest BCUT2D eigenvalue weighted by molar-refractivity contribution is 7.99. The first-order chi connectivity index (χ1) is 7.58. The van der Waals surface area contributed by atoms with Crippen LogP contribution in [0.25, 0.3) is 0 Å². The van der Waals surface area contributed by atoms with Crippen molar-refractivity contribution >= 4 is 23.6 Å². The van der Waals surface area contributed by atoms with Crippen molar-refractivity contribution in [3.8, 4) is 0 Å². The predicted molar refractivity (Wildman–Crippen MR) is 62.9 cm³/mol. The third-order valence-corrected chi connectivity index (χ3v) is 3.72. The number of carbonyl (C=O) groups is 2. The Kier molecular flexibility index (Phi) is 5.08. The van der Waals surface area contributed by atoms with Gasteiger partial charge in [0, 0.05) is 12.2 Å². The third kappa shape index (κ3) is 4.02. The van der Waals surface area contributed by atoms with Crippen LogP contribution in [-0.2, 0) is 9.59 Å². The van der Waals surface area contributed by atoms with Gasteiger partial charge in [-0.15, -0.1) is 0 Å². The molecule has 92 valence electrons. The first-order valence-corrected chi connectivity index (χ1v) is 6.51. The van der Waals surface area contributed by atoms with Crippen LogP contribution in [0.4, 0.5) is 0 Å². The van der Waals surface area contributed by atoms with Gasteiger partial charge in [-0.2, -0.15) is 11.8 Å². The van der Waals surface area contributed by atoms with Crippen LogP contribution < -0.4 is 11.1 Å². The van der Waals surface area contributed by atoms with Crippen LogP contribution in [0.3, 0.4) is 0 Å². The molecule has 0 bridgehead atoms. The molecule has 0 spiro atoms. The Morgan fingerprint density at radius 3 is 2.56 bits per heavy atom. The molecule has 4 N–H and O–H groups in total. The summed E-state index contributed by atoms with van der Waals surface area (Å²) in [6, 6.07) is 0. The van der Waals surface area contributed by atoms with Crippen molar-refractivity contribution in [2.75, 3.05) is 18.1 Å². The third-order valence-electron chi connectivity index (χ3n) is 2.74. The first-order valence-electron chi connectivity index (χ1n) is 5.36. The summed E-state index contributed by atoms with van der Waals surface area (Å²) < 4.78 is 0. The molecule has 0 unspecified atom stereocenters. The maximum Gasteiger partial charge on any atom is 0.227 e. The minimum Gasteiger partial charge on any atom is -0.394 e. The lowest BCUT2D eigenvalue weighted by atomic mass is 9.77. The van der Waals surface area contributed by atoms with E-state index in [4.69, 9.17) is 10.8 Å². The van der Waals surface area contributed by atoms with Gasteiger partial charge in [-0.3, -0.25) is 9.59 Å². The number of aliphatic hydroxyl groups excluding tert-OH is 1. The second-order valence-corrected chi connectivity index (χ2v) is 5.21. The summed E-state index contributed by atoms with van der Waals surface area (Å²) in [7, 11) is 0. The van der Waals surface area contributed by atoms with Crippen molar-refractivity contribution < 1.29 is 14.7 Å². The van der Waals surface area contributed by atoms with E-state index in [0.29, 0.717) is 12.2 Å². The van der Waals surface area contributed by atoms with E-state index in [9.17, 15) is 9.59 Å². The maximum atomic E-state index is 11.5. The zero-order chi connectivity index (χ0) is 12.0. The van der Waals surface area contributed by atoms with E-state index in [1.807, 2.05) is 0 Å². The number of thioether (sulfide) groups is 1. The molecule has 16 heavy (non-hydrogen) atoms. The van der Waals surface area contributed by atoms with Crippen LogP contribution in [0.5, 0.6) is 0 Å². The molecule has 1 aliphatic rings. The van der Waals surface area contributed by atoms with Crippen LogP contribution >= 0.6 is 11.8 Å². The average Bonchev–Trinajstić information content (AvgIpc) is 2.18. The van der Waals surface area contributed by atoms with Gasteiger partial charge < -0.3 is 16.2 Å². The van der Waals surface area contributed by atoms with Crippen LogP contribution in [0, 0.1) is 0 Å². The first kappa shape index (κ1) is 13.3. The normalized spacial score (nSPS) is 17.6. The minimum atomic E-state index is -0.370. The molecule has 1 saturated carbocycles. The van der Waals surface area contributed by atoms with E-state index in [-0.39, 0.29) is 29.7 Å². The Hall–Kier alpha value is -0.750. The predicted octanol–water partition coefficient (Wildman–Crippen LogP) is -0.374. The SMILES string of the molecule is NC(=O)CSCCC(=O)NC1(CO)CCC1. The summed E-state index contributed by atoms with van der Waals surface area (Å²) >= 11 is 1.35. The summed E-state index contributed by atoms with van der Waals surface area (Å²) in [4.78, 5) is 21.9. The highest BCUT2D eigenvalue weighted by Crippen LogP contribution is 2.31. The molecule has 5 nitrogen and oxygen atoms in total. The molecule has 2 amide bonds. The molecule has 6 heteroatoms. The smallest absolute Gasteiger partial charge is 0.227 e. The van der Waals surface area contributed by atoms with Gasteiger partial charge in [0.2, 0.25) is 11.8 Å². The molecule has 1 rings (SSSR count). The molecule has 0 aromatic heterocycles. The van der Waals surface area contributed by atoms with Gasteiger partial charge in [0.1, 0.15) is 0 Å². The fourth-order valence-electron chi connectivity index (χ4n) is 1.62. The van der Waals surface area contributed by atoms with Crippen molar-refractivity contribution in [3.63, 3.8) is 0 Å². The molecular formula is C10H18N2O3S. The summed E-state index contributed by atoms with van der Waals surface area (Å²) in [6.07, 6.45) is 3.12. The van der Waals surface area contributed by atoms with Gasteiger partial charge in [0.05, 0.1) is 17.9 Å². The average molecular weight is 246 g/mol. The second-order valence-electron chi connectivity index (χ2n) is 4.11. The Morgan fingerprint density at radius 2 is 2.12 bits per heavy atom. The quantitative estimate of drug-likeness (QED) is 0.534. The fraction of sp³-hybridized carbons (Fsp3) is 0.800. The number of hydrogen-bond donors (Lipinski definition) is 3. The molecule has 1 aliphatic carbocycles. The van der Waals surface area contributed by atoms with Crippen molar-refractivity contribution in [2.45, 2.75) is 31.2 Å². The number of primary amides is 1. The topological polar surface area (TPSA) is 92.4 Å². The van der Waals surface area contributed by atoms with Crippen molar-refractivity contribution in [1.82, 2.24) is 5.32 Å². The van der Waals surface area contributed by atoms with Gasteiger partial charge in [-0.25, -0.2) is 0 Å². The van der Waals surface area contributed by atoms with E-state index < -0.39 is 0 Å². The van der Waals surface area contributed by atoms with Gasteiger partial charge in [0.25, 0.3) is 0 Å². The van der Waals surface area contributed by atoms with E-state index in [0.717, 1.165) is 19.3 Å². The van der Waals surface area contributed by atoms with Gasteiger partial charge in [0.15, 0.2) is 0 Å². The summed E-state index contributed by atoms with van der Waals surface area (Å²) in [5.74, 6) is 0.399. The molecule has 0 aromatic rings. The van der Waals surface area contributed by atoms with Crippen LogP contribution in [-0.4, -0.2) is 40.6 Å². The van der Waals surface area contributed by atoms with Crippen molar-refractivity contribution in [3.05, 3.63) is 0 Å². The summed E-state index contributed by atoms with van der Waals surface area (Å²) in [5.41, 5.74) is 4.60. The van der Waals surface area contributed by atoms with Gasteiger partial charge >= 0.3 is 0 Å². The molecule has 0 heterocycles. The highest BCUT2D eigenvalue weighted by Gasteiger charge is 2.37. The Bertz CT molecular complexity index is 261. The molecule has 0 saturated heterocycles. The van der Waals surface area contributed by atoms with Crippen LogP contribution in [0.1, 0.15) is 25.7 Å². The molecular weight excluding hydrogens is 228 g/mol. The number of aliphatic hydroxyl groups is 1. The number of hydrogen-bond acceptors (Lipinski definition) is 4. The van der Waals surface area contributed by atoms with Crippen molar-refractivity contribution in [2.24, 2.45) is 5.73 Å². The lowest BCUT2D eigenvalue weighted by molar-refractivity contribution is -0.124. The maximum absolute atomic E-state index is 11.5. The van der Waals surface area contributed by atoms with E-state index in [1.54, 1.807) is 0 Å². The van der Waals surface area contributed by atoms with E-state index in [1.165, 1.54) is 11.8 Å². The van der Waals surface area contributed by atoms with E-state index in [2.05, 4.69) is 5.32 Å². The molecule has 0 atom stereocenters. The molecule has 0 aromatic carbocycles. The Labute approximate surface area is 99.1 Å². The highest BCUT2D eigenvalue weighted by atomic mass is 32.2. The van der Waals surface area contributed by atoms with Crippen LogP contribution in [0.15, 0.2) is 0 Å². The Balaban J connectivity index is 2.13. The minimum absolute atomic E-state index is 0.00711. The monoisotopic (exact) mass is 246 g/mol. The van der Waals surface area contributed by atoms with E-state index >= 15 is 0 Å². The fourth-order valence-corrected chi connectivity index (χ4v) is 2.30. The number of nitrogens with two attached hydrogens (primary N) is 1. The van der Waals surface area contributed by atoms with Gasteiger partial charge in [-0.1, -0.05) is 0 Å². The zero-order valence-electron chi connectivity index (χ0n) is 9.20. The van der Waals surface area contributed by atoms with Crippen molar-refractivity contribution in [1.29, 1.82) is 0 Å². The molecule has 0 radical (unpaired) electrons. The largest absolute Gasteiger partial charge is 0.394 e. The zero-order valence-corrected chi connectivity index (χ0v) is 10.0. The van der Waals surface area contributed by atoms with Crippen LogP contribution in [0.2, 0.25) is 0 Å². The summed E-state index contributed by atoms with van der Waals surface area (Å²) in [5, 5.41) is 12.0.